The summed E-state index contributed by atoms with van der Waals surface area (Å²) >= 11 is 6.14. The van der Waals surface area contributed by atoms with Crippen molar-refractivity contribution in [2.75, 3.05) is 20.3 Å². The number of nitrogens with zero attached hydrogens (tertiary/aromatic N) is 1. The summed E-state index contributed by atoms with van der Waals surface area (Å²) in [5.74, 6) is -1.94. The van der Waals surface area contributed by atoms with E-state index in [2.05, 4.69) is 0 Å². The van der Waals surface area contributed by atoms with Crippen LogP contribution in [-0.4, -0.2) is 48.2 Å². The Bertz CT molecular complexity index is 564. The van der Waals surface area contributed by atoms with Crippen molar-refractivity contribution in [3.63, 3.8) is 0 Å². The average molecular weight is 313 g/mol. The van der Waals surface area contributed by atoms with E-state index < -0.39 is 17.8 Å². The molecule has 1 heterocycles. The molecule has 1 aromatic carbocycles. The number of halogens is 1. The van der Waals surface area contributed by atoms with Crippen LogP contribution in [0.5, 0.6) is 0 Å². The molecule has 21 heavy (non-hydrogen) atoms. The molecular formula is C14H17ClN2O4. The van der Waals surface area contributed by atoms with E-state index in [0.717, 1.165) is 5.56 Å². The Hall–Kier alpha value is -1.63. The highest BCUT2D eigenvalue weighted by Crippen LogP contribution is 2.24. The van der Waals surface area contributed by atoms with Crippen LogP contribution in [-0.2, 0) is 16.1 Å². The zero-order valence-electron chi connectivity index (χ0n) is 11.6. The molecule has 1 amide bonds. The summed E-state index contributed by atoms with van der Waals surface area (Å²) in [7, 11) is 1.83. The van der Waals surface area contributed by atoms with Gasteiger partial charge in [0.1, 0.15) is 0 Å². The average Bonchev–Trinajstić information content (AvgIpc) is 2.90. The molecule has 3 N–H and O–H groups in total. The first-order chi connectivity index (χ1) is 9.90. The molecule has 0 aliphatic carbocycles. The number of rotatable bonds is 5. The van der Waals surface area contributed by atoms with Crippen LogP contribution in [0.15, 0.2) is 18.2 Å². The monoisotopic (exact) mass is 312 g/mol. The fourth-order valence-electron chi connectivity index (χ4n) is 2.43. The van der Waals surface area contributed by atoms with Crippen molar-refractivity contribution < 1.29 is 19.4 Å². The molecule has 7 heteroatoms. The van der Waals surface area contributed by atoms with E-state index in [0.29, 0.717) is 23.7 Å². The van der Waals surface area contributed by atoms with Crippen molar-refractivity contribution in [2.45, 2.75) is 12.6 Å². The first-order valence-corrected chi connectivity index (χ1v) is 6.87. The largest absolute Gasteiger partial charge is 0.481 e. The van der Waals surface area contributed by atoms with Gasteiger partial charge in [-0.25, -0.2) is 0 Å². The Morgan fingerprint density at radius 1 is 1.48 bits per heavy atom. The summed E-state index contributed by atoms with van der Waals surface area (Å²) in [6.45, 7) is 1.07. The van der Waals surface area contributed by atoms with Crippen LogP contribution in [0, 0.1) is 5.92 Å². The highest BCUT2D eigenvalue weighted by Gasteiger charge is 2.36. The van der Waals surface area contributed by atoms with Gasteiger partial charge in [0.15, 0.2) is 0 Å². The molecule has 0 radical (unpaired) electrons. The molecule has 1 aromatic rings. The smallest absolute Gasteiger partial charge is 0.310 e. The van der Waals surface area contributed by atoms with E-state index in [1.54, 1.807) is 12.1 Å². The Balaban J connectivity index is 2.10. The number of amides is 1. The minimum Gasteiger partial charge on any atom is -0.481 e. The second-order valence-corrected chi connectivity index (χ2v) is 5.54. The Labute approximate surface area is 127 Å². The number of hydrogen-bond acceptors (Lipinski definition) is 4. The molecule has 0 bridgehead atoms. The van der Waals surface area contributed by atoms with Crippen LogP contribution >= 0.6 is 11.6 Å². The fraction of sp³-hybridized carbons (Fsp3) is 0.429. The Morgan fingerprint density at radius 2 is 2.19 bits per heavy atom. The van der Waals surface area contributed by atoms with E-state index in [-0.39, 0.29) is 12.6 Å². The lowest BCUT2D eigenvalue weighted by molar-refractivity contribution is -0.143. The number of nitrogens with two attached hydrogens (primary N) is 1. The molecule has 6 nitrogen and oxygen atoms in total. The van der Waals surface area contributed by atoms with Crippen LogP contribution in [0.3, 0.4) is 0 Å². The van der Waals surface area contributed by atoms with Crippen molar-refractivity contribution in [1.29, 1.82) is 0 Å². The number of benzene rings is 1. The summed E-state index contributed by atoms with van der Waals surface area (Å²) in [5, 5.41) is 9.60. The van der Waals surface area contributed by atoms with Gasteiger partial charge in [-0.3, -0.25) is 14.5 Å². The number of carbonyl (C=O) groups excluding carboxylic acids is 1. The van der Waals surface area contributed by atoms with Gasteiger partial charge in [0, 0.05) is 23.2 Å². The molecule has 1 saturated heterocycles. The molecule has 0 saturated carbocycles. The third-order valence-electron chi connectivity index (χ3n) is 3.69. The molecule has 1 fully saturated rings. The predicted octanol–water partition coefficient (Wildman–Crippen LogP) is 0.970. The molecule has 1 aliphatic heterocycles. The molecule has 2 atom stereocenters. The molecule has 2 unspecified atom stereocenters. The number of carboxylic acid groups (broad SMARTS) is 1. The number of carboxylic acids is 1. The van der Waals surface area contributed by atoms with Crippen molar-refractivity contribution in [1.82, 2.24) is 4.90 Å². The van der Waals surface area contributed by atoms with Crippen LogP contribution in [0.1, 0.15) is 15.9 Å². The number of primary amides is 1. The van der Waals surface area contributed by atoms with Gasteiger partial charge in [-0.15, -0.1) is 0 Å². The third-order valence-corrected chi connectivity index (χ3v) is 4.04. The number of aliphatic carboxylic acids is 1. The van der Waals surface area contributed by atoms with Crippen molar-refractivity contribution >= 4 is 23.5 Å². The SMILES string of the molecule is CN(Cc1ccc(C(N)=O)cc1Cl)C1COCC1C(=O)O. The first-order valence-electron chi connectivity index (χ1n) is 6.49. The van der Waals surface area contributed by atoms with E-state index in [1.807, 2.05) is 11.9 Å². The van der Waals surface area contributed by atoms with Gasteiger partial charge >= 0.3 is 5.97 Å². The van der Waals surface area contributed by atoms with Crippen LogP contribution in [0.4, 0.5) is 0 Å². The lowest BCUT2D eigenvalue weighted by atomic mass is 10.0. The summed E-state index contributed by atoms with van der Waals surface area (Å²) in [5.41, 5.74) is 6.35. The van der Waals surface area contributed by atoms with Gasteiger partial charge in [-0.05, 0) is 24.7 Å². The summed E-state index contributed by atoms with van der Waals surface area (Å²) in [6, 6.07) is 4.66. The molecule has 1 aliphatic rings. The number of carbonyl (C=O) groups is 2. The minimum absolute atomic E-state index is 0.200. The molecule has 0 spiro atoms. The quantitative estimate of drug-likeness (QED) is 0.845. The maximum Gasteiger partial charge on any atom is 0.310 e. The van der Waals surface area contributed by atoms with Crippen LogP contribution in [0.2, 0.25) is 5.02 Å². The zero-order valence-corrected chi connectivity index (χ0v) is 12.3. The third kappa shape index (κ3) is 3.53. The Morgan fingerprint density at radius 3 is 2.76 bits per heavy atom. The summed E-state index contributed by atoms with van der Waals surface area (Å²) in [4.78, 5) is 24.2. The van der Waals surface area contributed by atoms with E-state index >= 15 is 0 Å². The minimum atomic E-state index is -0.862. The predicted molar refractivity (Wildman–Crippen MR) is 77.2 cm³/mol. The van der Waals surface area contributed by atoms with Gasteiger partial charge in [0.05, 0.1) is 19.1 Å². The highest BCUT2D eigenvalue weighted by molar-refractivity contribution is 6.31. The lowest BCUT2D eigenvalue weighted by Crippen LogP contribution is -2.40. The maximum absolute atomic E-state index is 11.2. The van der Waals surface area contributed by atoms with Gasteiger partial charge < -0.3 is 15.6 Å². The Kier molecular flexibility index (Phi) is 4.82. The zero-order chi connectivity index (χ0) is 15.6. The lowest BCUT2D eigenvalue weighted by Gasteiger charge is -2.26. The standard InChI is InChI=1S/C14H17ClN2O4/c1-17(12-7-21-6-10(12)14(19)20)5-9-3-2-8(13(16)18)4-11(9)15/h2-4,10,12H,5-7H2,1H3,(H2,16,18)(H,19,20). The van der Waals surface area contributed by atoms with Crippen LogP contribution < -0.4 is 5.73 Å². The maximum atomic E-state index is 11.2. The second kappa shape index (κ2) is 6.43. The summed E-state index contributed by atoms with van der Waals surface area (Å²) in [6.07, 6.45) is 0. The van der Waals surface area contributed by atoms with Crippen molar-refractivity contribution in [3.05, 3.63) is 34.3 Å². The molecular weight excluding hydrogens is 296 g/mol. The topological polar surface area (TPSA) is 92.9 Å². The fourth-order valence-corrected chi connectivity index (χ4v) is 2.67. The molecule has 2 rings (SSSR count). The summed E-state index contributed by atoms with van der Waals surface area (Å²) < 4.78 is 5.25. The van der Waals surface area contributed by atoms with Gasteiger partial charge in [0.25, 0.3) is 0 Å². The van der Waals surface area contributed by atoms with Crippen LogP contribution in [0.25, 0.3) is 0 Å². The molecule has 114 valence electrons. The number of hydrogen-bond donors (Lipinski definition) is 2. The number of likely N-dealkylation sites (N-methyl/N-ethyl adjacent to an activating group) is 1. The van der Waals surface area contributed by atoms with Crippen molar-refractivity contribution in [2.24, 2.45) is 11.7 Å². The second-order valence-electron chi connectivity index (χ2n) is 5.14. The first kappa shape index (κ1) is 15.8. The van der Waals surface area contributed by atoms with E-state index in [1.165, 1.54) is 6.07 Å². The normalized spacial score (nSPS) is 21.7. The highest BCUT2D eigenvalue weighted by atomic mass is 35.5. The van der Waals surface area contributed by atoms with Crippen molar-refractivity contribution in [3.8, 4) is 0 Å². The number of ether oxygens (including phenoxy) is 1. The van der Waals surface area contributed by atoms with Gasteiger partial charge in [-0.2, -0.15) is 0 Å². The molecule has 0 aromatic heterocycles. The van der Waals surface area contributed by atoms with Gasteiger partial charge in [-0.1, -0.05) is 17.7 Å². The van der Waals surface area contributed by atoms with E-state index in [4.69, 9.17) is 27.2 Å². The van der Waals surface area contributed by atoms with Gasteiger partial charge in [0.2, 0.25) is 5.91 Å². The van der Waals surface area contributed by atoms with E-state index in [9.17, 15) is 9.59 Å².